The van der Waals surface area contributed by atoms with Crippen LogP contribution in [0.1, 0.15) is 35.3 Å². The molecule has 36 heavy (non-hydrogen) atoms. The molecule has 3 aromatic carbocycles. The summed E-state index contributed by atoms with van der Waals surface area (Å²) in [6.45, 7) is 5.06. The number of anilines is 1. The van der Waals surface area contributed by atoms with Crippen LogP contribution in [0.4, 0.5) is 5.69 Å². The van der Waals surface area contributed by atoms with Crippen molar-refractivity contribution in [2.75, 3.05) is 25.1 Å². The first kappa shape index (κ1) is 26.6. The van der Waals surface area contributed by atoms with E-state index in [0.717, 1.165) is 11.1 Å². The van der Waals surface area contributed by atoms with E-state index in [1.165, 1.54) is 0 Å². The molecule has 0 aromatic heterocycles. The highest BCUT2D eigenvalue weighted by Gasteiger charge is 2.15. The fourth-order valence-corrected chi connectivity index (χ4v) is 3.44. The average molecular weight is 489 g/mol. The standard InChI is InChI=1S/C29H32N2O5/c1-22(2)20-36-29(34)25-13-15-26(16-14-25)30-27(32)21-35-28(33)19-31(17-23-9-5-3-6-10-23)18-24-11-7-4-8-12-24/h3-16,22H,17-21H2,1-2H3,(H,30,32). The first-order valence-electron chi connectivity index (χ1n) is 11.9. The largest absolute Gasteiger partial charge is 0.462 e. The van der Waals surface area contributed by atoms with Crippen molar-refractivity contribution < 1.29 is 23.9 Å². The second kappa shape index (κ2) is 13.8. The molecule has 0 aliphatic carbocycles. The summed E-state index contributed by atoms with van der Waals surface area (Å²) in [5.41, 5.74) is 3.05. The van der Waals surface area contributed by atoms with Crippen LogP contribution in [0, 0.1) is 5.92 Å². The molecule has 0 fully saturated rings. The normalized spacial score (nSPS) is 10.8. The molecule has 0 unspecified atom stereocenters. The van der Waals surface area contributed by atoms with Crippen LogP contribution in [-0.2, 0) is 32.2 Å². The molecular formula is C29H32N2O5. The molecule has 3 rings (SSSR count). The first-order valence-corrected chi connectivity index (χ1v) is 11.9. The minimum Gasteiger partial charge on any atom is -0.462 e. The van der Waals surface area contributed by atoms with Crippen LogP contribution in [0.2, 0.25) is 0 Å². The molecule has 0 aliphatic rings. The molecule has 0 aliphatic heterocycles. The van der Waals surface area contributed by atoms with E-state index in [9.17, 15) is 14.4 Å². The molecule has 188 valence electrons. The van der Waals surface area contributed by atoms with Crippen LogP contribution in [0.15, 0.2) is 84.9 Å². The molecule has 0 saturated carbocycles. The van der Waals surface area contributed by atoms with Crippen LogP contribution < -0.4 is 5.32 Å². The molecule has 0 atom stereocenters. The lowest BCUT2D eigenvalue weighted by atomic mass is 10.1. The summed E-state index contributed by atoms with van der Waals surface area (Å²) < 4.78 is 10.4. The Bertz CT molecular complexity index is 1070. The average Bonchev–Trinajstić information content (AvgIpc) is 2.87. The van der Waals surface area contributed by atoms with Gasteiger partial charge in [0.05, 0.1) is 18.7 Å². The number of hydrogen-bond donors (Lipinski definition) is 1. The van der Waals surface area contributed by atoms with Gasteiger partial charge in [-0.3, -0.25) is 14.5 Å². The zero-order valence-electron chi connectivity index (χ0n) is 20.7. The smallest absolute Gasteiger partial charge is 0.338 e. The SMILES string of the molecule is CC(C)COC(=O)c1ccc(NC(=O)COC(=O)CN(Cc2ccccc2)Cc2ccccc2)cc1. The van der Waals surface area contributed by atoms with E-state index in [0.29, 0.717) is 30.9 Å². The van der Waals surface area contributed by atoms with Crippen LogP contribution >= 0.6 is 0 Å². The van der Waals surface area contributed by atoms with E-state index in [-0.39, 0.29) is 12.5 Å². The van der Waals surface area contributed by atoms with E-state index in [1.54, 1.807) is 24.3 Å². The lowest BCUT2D eigenvalue weighted by molar-refractivity contribution is -0.148. The van der Waals surface area contributed by atoms with Crippen LogP contribution in [-0.4, -0.2) is 42.5 Å². The van der Waals surface area contributed by atoms with Gasteiger partial charge in [-0.05, 0) is 41.3 Å². The van der Waals surface area contributed by atoms with Crippen molar-refractivity contribution in [3.63, 3.8) is 0 Å². The van der Waals surface area contributed by atoms with Gasteiger partial charge in [0, 0.05) is 18.8 Å². The van der Waals surface area contributed by atoms with Crippen molar-refractivity contribution in [1.29, 1.82) is 0 Å². The molecule has 1 N–H and O–H groups in total. The maximum absolute atomic E-state index is 12.5. The van der Waals surface area contributed by atoms with E-state index < -0.39 is 24.5 Å². The first-order chi connectivity index (χ1) is 17.4. The van der Waals surface area contributed by atoms with Crippen molar-refractivity contribution >= 4 is 23.5 Å². The number of hydrogen-bond acceptors (Lipinski definition) is 6. The van der Waals surface area contributed by atoms with Crippen LogP contribution in [0.3, 0.4) is 0 Å². The number of nitrogens with zero attached hydrogens (tertiary/aromatic N) is 1. The summed E-state index contributed by atoms with van der Waals surface area (Å²) in [7, 11) is 0. The van der Waals surface area contributed by atoms with Gasteiger partial charge in [-0.1, -0.05) is 74.5 Å². The van der Waals surface area contributed by atoms with Gasteiger partial charge in [-0.25, -0.2) is 4.79 Å². The predicted molar refractivity (Wildman–Crippen MR) is 138 cm³/mol. The Morgan fingerprint density at radius 3 is 1.86 bits per heavy atom. The third-order valence-electron chi connectivity index (χ3n) is 5.17. The van der Waals surface area contributed by atoms with Crippen molar-refractivity contribution in [2.24, 2.45) is 5.92 Å². The minimum absolute atomic E-state index is 0.0459. The number of carbonyl (C=O) groups excluding carboxylic acids is 3. The fourth-order valence-electron chi connectivity index (χ4n) is 3.44. The van der Waals surface area contributed by atoms with Gasteiger partial charge in [0.25, 0.3) is 5.91 Å². The van der Waals surface area contributed by atoms with Crippen LogP contribution in [0.25, 0.3) is 0 Å². The Hall–Kier alpha value is -3.97. The minimum atomic E-state index is -0.486. The second-order valence-electron chi connectivity index (χ2n) is 8.89. The molecule has 3 aromatic rings. The molecule has 0 saturated heterocycles. The number of nitrogens with one attached hydrogen (secondary N) is 1. The van der Waals surface area contributed by atoms with Crippen molar-refractivity contribution in [3.8, 4) is 0 Å². The van der Waals surface area contributed by atoms with Gasteiger partial charge < -0.3 is 14.8 Å². The molecule has 0 heterocycles. The fraction of sp³-hybridized carbons (Fsp3) is 0.276. The summed E-state index contributed by atoms with van der Waals surface area (Å²) >= 11 is 0. The molecule has 7 heteroatoms. The van der Waals surface area contributed by atoms with Gasteiger partial charge in [0.2, 0.25) is 0 Å². The lowest BCUT2D eigenvalue weighted by Crippen LogP contribution is -2.32. The van der Waals surface area contributed by atoms with E-state index >= 15 is 0 Å². The number of amides is 1. The molecule has 7 nitrogen and oxygen atoms in total. The Balaban J connectivity index is 1.49. The van der Waals surface area contributed by atoms with Gasteiger partial charge in [-0.15, -0.1) is 0 Å². The summed E-state index contributed by atoms with van der Waals surface area (Å²) in [5, 5.41) is 2.66. The van der Waals surface area contributed by atoms with E-state index in [2.05, 4.69) is 5.32 Å². The molecule has 0 bridgehead atoms. The van der Waals surface area contributed by atoms with Gasteiger partial charge in [0.15, 0.2) is 6.61 Å². The summed E-state index contributed by atoms with van der Waals surface area (Å²) in [6, 6.07) is 26.1. The van der Waals surface area contributed by atoms with Gasteiger partial charge >= 0.3 is 11.9 Å². The highest BCUT2D eigenvalue weighted by molar-refractivity contribution is 5.94. The maximum Gasteiger partial charge on any atom is 0.338 e. The molecule has 1 amide bonds. The third-order valence-corrected chi connectivity index (χ3v) is 5.17. The van der Waals surface area contributed by atoms with Crippen molar-refractivity contribution in [2.45, 2.75) is 26.9 Å². The van der Waals surface area contributed by atoms with Gasteiger partial charge in [-0.2, -0.15) is 0 Å². The topological polar surface area (TPSA) is 84.9 Å². The van der Waals surface area contributed by atoms with E-state index in [1.807, 2.05) is 79.4 Å². The zero-order chi connectivity index (χ0) is 25.8. The molecule has 0 radical (unpaired) electrons. The highest BCUT2D eigenvalue weighted by Crippen LogP contribution is 2.12. The summed E-state index contributed by atoms with van der Waals surface area (Å²) in [6.07, 6.45) is 0. The Morgan fingerprint density at radius 2 is 1.33 bits per heavy atom. The van der Waals surface area contributed by atoms with Crippen molar-refractivity contribution in [1.82, 2.24) is 4.90 Å². The lowest BCUT2D eigenvalue weighted by Gasteiger charge is -2.21. The number of esters is 2. The monoisotopic (exact) mass is 488 g/mol. The quantitative estimate of drug-likeness (QED) is 0.373. The Kier molecular flexibility index (Phi) is 10.2. The van der Waals surface area contributed by atoms with E-state index in [4.69, 9.17) is 9.47 Å². The number of carbonyl (C=O) groups is 3. The Morgan fingerprint density at radius 1 is 0.778 bits per heavy atom. The van der Waals surface area contributed by atoms with Gasteiger partial charge in [0.1, 0.15) is 0 Å². The third kappa shape index (κ3) is 9.35. The number of ether oxygens (including phenoxy) is 2. The highest BCUT2D eigenvalue weighted by atomic mass is 16.5. The second-order valence-corrected chi connectivity index (χ2v) is 8.89. The molecule has 0 spiro atoms. The predicted octanol–water partition coefficient (Wildman–Crippen LogP) is 4.68. The Labute approximate surface area is 212 Å². The number of rotatable bonds is 12. The van der Waals surface area contributed by atoms with Crippen LogP contribution in [0.5, 0.6) is 0 Å². The summed E-state index contributed by atoms with van der Waals surface area (Å²) in [5.74, 6) is -1.11. The molecular weight excluding hydrogens is 456 g/mol. The summed E-state index contributed by atoms with van der Waals surface area (Å²) in [4.78, 5) is 38.8. The number of benzene rings is 3. The maximum atomic E-state index is 12.5. The zero-order valence-corrected chi connectivity index (χ0v) is 20.7. The van der Waals surface area contributed by atoms with Crippen molar-refractivity contribution in [3.05, 3.63) is 102 Å².